The number of carboxylic acid groups (broad SMARTS) is 1. The summed E-state index contributed by atoms with van der Waals surface area (Å²) in [5, 5.41) is 10.9. The first-order chi connectivity index (χ1) is 15.6. The van der Waals surface area contributed by atoms with Gasteiger partial charge in [0.1, 0.15) is 0 Å². The highest BCUT2D eigenvalue weighted by Gasteiger charge is 2.37. The van der Waals surface area contributed by atoms with Crippen molar-refractivity contribution in [2.75, 3.05) is 12.0 Å². The highest BCUT2D eigenvalue weighted by atomic mass is 32.2. The molecular formula is C23H14NO8S-. The fourth-order valence-corrected chi connectivity index (χ4v) is 4.68. The van der Waals surface area contributed by atoms with Crippen molar-refractivity contribution < 1.29 is 37.4 Å². The van der Waals surface area contributed by atoms with E-state index < -0.39 is 33.6 Å². The first-order valence-corrected chi connectivity index (χ1v) is 10.9. The number of hydrogen-bond acceptors (Lipinski definition) is 8. The number of aromatic carboxylic acids is 1. The van der Waals surface area contributed by atoms with Gasteiger partial charge in [-0.25, -0.2) is 18.1 Å². The van der Waals surface area contributed by atoms with Crippen LogP contribution in [0.4, 0.5) is 5.69 Å². The topological polar surface area (TPSA) is 138 Å². The number of anilines is 1. The van der Waals surface area contributed by atoms with Gasteiger partial charge in [0, 0.05) is 0 Å². The Hall–Kier alpha value is -4.31. The molecule has 1 aliphatic heterocycles. The van der Waals surface area contributed by atoms with Crippen molar-refractivity contribution in [2.24, 2.45) is 0 Å². The molecule has 0 saturated carbocycles. The maximum Gasteiger partial charge on any atom is 0.337 e. The number of sulfone groups is 1. The quantitative estimate of drug-likeness (QED) is 0.409. The molecule has 3 aromatic rings. The highest BCUT2D eigenvalue weighted by molar-refractivity contribution is 7.91. The third-order valence-electron chi connectivity index (χ3n) is 5.12. The van der Waals surface area contributed by atoms with E-state index >= 15 is 0 Å². The number of methoxy groups -OCH3 is 1. The number of carbonyl (C=O) groups excluding carboxylic acids is 4. The van der Waals surface area contributed by atoms with Crippen LogP contribution in [0.15, 0.2) is 76.5 Å². The standard InChI is InChI=1S/C23H15NO8S/c1-32-23(29)14-2-6-15(7-3-14)24-20(25)18-11-10-17(12-19(18)21(24)26)33(30,31)16-8-4-13(5-9-16)22(27)28/h2-12H,1H3,(H,27,28)/p-1. The SMILES string of the molecule is COC(=O)c1ccc(N2C(=O)c3ccc(S(=O)(=O)c4ccc(C(=O)[O-])cc4)cc3C2=O)cc1. The number of nitrogens with zero attached hydrogens (tertiary/aromatic N) is 1. The molecule has 166 valence electrons. The zero-order valence-corrected chi connectivity index (χ0v) is 17.8. The third-order valence-corrected chi connectivity index (χ3v) is 6.88. The second kappa shape index (κ2) is 7.99. The molecule has 0 atom stereocenters. The number of amides is 2. The Morgan fingerprint density at radius 2 is 1.33 bits per heavy atom. The molecule has 3 aromatic carbocycles. The Bertz CT molecular complexity index is 1420. The van der Waals surface area contributed by atoms with E-state index in [0.29, 0.717) is 0 Å². The molecular weight excluding hydrogens is 450 g/mol. The van der Waals surface area contributed by atoms with Crippen LogP contribution in [0, 0.1) is 0 Å². The molecule has 9 nitrogen and oxygen atoms in total. The van der Waals surface area contributed by atoms with Gasteiger partial charge in [-0.1, -0.05) is 12.1 Å². The maximum atomic E-state index is 13.0. The predicted octanol–water partition coefficient (Wildman–Crippen LogP) is 1.47. The molecule has 0 fully saturated rings. The van der Waals surface area contributed by atoms with Crippen molar-refractivity contribution in [1.29, 1.82) is 0 Å². The van der Waals surface area contributed by atoms with Crippen LogP contribution in [0.2, 0.25) is 0 Å². The summed E-state index contributed by atoms with van der Waals surface area (Å²) in [5.41, 5.74) is 0.192. The van der Waals surface area contributed by atoms with Crippen LogP contribution in [0.1, 0.15) is 41.4 Å². The van der Waals surface area contributed by atoms with Crippen LogP contribution in [-0.4, -0.2) is 39.3 Å². The number of ether oxygens (including phenoxy) is 1. The van der Waals surface area contributed by atoms with Crippen molar-refractivity contribution in [3.05, 3.63) is 89.0 Å². The number of esters is 1. The van der Waals surface area contributed by atoms with Crippen LogP contribution in [0.3, 0.4) is 0 Å². The molecule has 2 amide bonds. The fraction of sp³-hybridized carbons (Fsp3) is 0.0435. The van der Waals surface area contributed by atoms with Gasteiger partial charge in [-0.05, 0) is 60.2 Å². The van der Waals surface area contributed by atoms with E-state index in [0.717, 1.165) is 35.2 Å². The summed E-state index contributed by atoms with van der Waals surface area (Å²) in [5.74, 6) is -3.38. The summed E-state index contributed by atoms with van der Waals surface area (Å²) in [6, 6.07) is 13.6. The molecule has 0 aromatic heterocycles. The first kappa shape index (κ1) is 21.9. The van der Waals surface area contributed by atoms with Crippen molar-refractivity contribution in [2.45, 2.75) is 9.79 Å². The number of carbonyl (C=O) groups is 4. The number of carboxylic acids is 1. The molecule has 1 aliphatic rings. The lowest BCUT2D eigenvalue weighted by atomic mass is 10.1. The van der Waals surface area contributed by atoms with Gasteiger partial charge in [0.05, 0.1) is 45.2 Å². The number of fused-ring (bicyclic) bond motifs is 1. The molecule has 0 aliphatic carbocycles. The van der Waals surface area contributed by atoms with Crippen LogP contribution >= 0.6 is 0 Å². The van der Waals surface area contributed by atoms with E-state index in [1.165, 1.54) is 43.5 Å². The lowest BCUT2D eigenvalue weighted by Gasteiger charge is -2.14. The van der Waals surface area contributed by atoms with E-state index in [4.69, 9.17) is 0 Å². The molecule has 4 rings (SSSR count). The Kier molecular flexibility index (Phi) is 5.30. The highest BCUT2D eigenvalue weighted by Crippen LogP contribution is 2.32. The van der Waals surface area contributed by atoms with E-state index in [-0.39, 0.29) is 37.7 Å². The van der Waals surface area contributed by atoms with Crippen LogP contribution in [0.5, 0.6) is 0 Å². The number of benzene rings is 3. The molecule has 0 N–H and O–H groups in total. The van der Waals surface area contributed by atoms with Gasteiger partial charge in [0.25, 0.3) is 11.8 Å². The van der Waals surface area contributed by atoms with Crippen molar-refractivity contribution in [3.63, 3.8) is 0 Å². The summed E-state index contributed by atoms with van der Waals surface area (Å²) in [6.07, 6.45) is 0. The Morgan fingerprint density at radius 3 is 1.91 bits per heavy atom. The normalized spacial score (nSPS) is 13.1. The fourth-order valence-electron chi connectivity index (χ4n) is 3.39. The predicted molar refractivity (Wildman–Crippen MR) is 112 cm³/mol. The molecule has 0 saturated heterocycles. The Balaban J connectivity index is 1.69. The van der Waals surface area contributed by atoms with E-state index in [9.17, 15) is 32.7 Å². The summed E-state index contributed by atoms with van der Waals surface area (Å²) in [4.78, 5) is 48.7. The zero-order valence-electron chi connectivity index (χ0n) is 17.0. The Labute approximate surface area is 187 Å². The van der Waals surface area contributed by atoms with Gasteiger partial charge in [0.2, 0.25) is 9.84 Å². The molecule has 1 heterocycles. The minimum atomic E-state index is -4.09. The summed E-state index contributed by atoms with van der Waals surface area (Å²) in [6.45, 7) is 0. The van der Waals surface area contributed by atoms with Crippen molar-refractivity contribution in [3.8, 4) is 0 Å². The van der Waals surface area contributed by atoms with E-state index in [2.05, 4.69) is 4.74 Å². The third kappa shape index (κ3) is 3.66. The minimum absolute atomic E-state index is 0.0308. The van der Waals surface area contributed by atoms with E-state index in [1.807, 2.05) is 0 Å². The average Bonchev–Trinajstić information content (AvgIpc) is 3.08. The number of imide groups is 1. The molecule has 33 heavy (non-hydrogen) atoms. The van der Waals surface area contributed by atoms with Gasteiger partial charge in [-0.3, -0.25) is 9.59 Å². The van der Waals surface area contributed by atoms with Gasteiger partial charge in [-0.2, -0.15) is 0 Å². The number of rotatable bonds is 5. The van der Waals surface area contributed by atoms with Gasteiger partial charge < -0.3 is 14.6 Å². The summed E-state index contributed by atoms with van der Waals surface area (Å²) < 4.78 is 30.6. The van der Waals surface area contributed by atoms with Gasteiger partial charge in [-0.15, -0.1) is 0 Å². The second-order valence-corrected chi connectivity index (χ2v) is 8.96. The van der Waals surface area contributed by atoms with Crippen LogP contribution in [-0.2, 0) is 14.6 Å². The van der Waals surface area contributed by atoms with Crippen molar-refractivity contribution >= 4 is 39.3 Å². The summed E-state index contributed by atoms with van der Waals surface area (Å²) >= 11 is 0. The summed E-state index contributed by atoms with van der Waals surface area (Å²) in [7, 11) is -2.86. The van der Waals surface area contributed by atoms with Crippen LogP contribution in [0.25, 0.3) is 0 Å². The van der Waals surface area contributed by atoms with Crippen LogP contribution < -0.4 is 10.0 Å². The first-order valence-electron chi connectivity index (χ1n) is 9.43. The molecule has 0 bridgehead atoms. The molecule has 0 radical (unpaired) electrons. The smallest absolute Gasteiger partial charge is 0.337 e. The molecule has 0 unspecified atom stereocenters. The number of hydrogen-bond donors (Lipinski definition) is 0. The second-order valence-electron chi connectivity index (χ2n) is 7.01. The minimum Gasteiger partial charge on any atom is -0.545 e. The Morgan fingerprint density at radius 1 is 0.788 bits per heavy atom. The average molecular weight is 464 g/mol. The largest absolute Gasteiger partial charge is 0.545 e. The van der Waals surface area contributed by atoms with E-state index in [1.54, 1.807) is 0 Å². The van der Waals surface area contributed by atoms with Gasteiger partial charge in [0.15, 0.2) is 0 Å². The van der Waals surface area contributed by atoms with Crippen molar-refractivity contribution in [1.82, 2.24) is 0 Å². The van der Waals surface area contributed by atoms with Gasteiger partial charge >= 0.3 is 5.97 Å². The lowest BCUT2D eigenvalue weighted by Crippen LogP contribution is -2.29. The lowest BCUT2D eigenvalue weighted by molar-refractivity contribution is -0.255. The monoisotopic (exact) mass is 464 g/mol. The zero-order chi connectivity index (χ0) is 23.9. The maximum absolute atomic E-state index is 13.0. The molecule has 10 heteroatoms. The molecule has 0 spiro atoms.